The molecule has 33 heavy (non-hydrogen) atoms. The van der Waals surface area contributed by atoms with Crippen LogP contribution in [0.3, 0.4) is 0 Å². The first kappa shape index (κ1) is 26.8. The van der Waals surface area contributed by atoms with Crippen LogP contribution in [0.15, 0.2) is 12.7 Å². The first-order valence-corrected chi connectivity index (χ1v) is 23.2. The second-order valence-electron chi connectivity index (χ2n) is 11.5. The van der Waals surface area contributed by atoms with Gasteiger partial charge in [0.25, 0.3) is 0 Å². The number of nitrogens with zero attached hydrogens (tertiary/aromatic N) is 4. The molecule has 1 saturated heterocycles. The van der Waals surface area contributed by atoms with Crippen LogP contribution in [-0.4, -0.2) is 74.2 Å². The van der Waals surface area contributed by atoms with Crippen molar-refractivity contribution in [2.75, 3.05) is 16.5 Å². The number of anilines is 1. The maximum atomic E-state index is 6.76. The van der Waals surface area contributed by atoms with Crippen molar-refractivity contribution in [3.05, 3.63) is 12.7 Å². The van der Waals surface area contributed by atoms with Crippen LogP contribution >= 0.6 is 11.8 Å². The lowest BCUT2D eigenvalue weighted by Gasteiger charge is -2.34. The lowest BCUT2D eigenvalue weighted by Crippen LogP contribution is -2.47. The summed E-state index contributed by atoms with van der Waals surface area (Å²) in [5.74, 6) is 2.70. The van der Waals surface area contributed by atoms with E-state index in [1.54, 1.807) is 6.33 Å². The number of rotatable bonds is 10. The Morgan fingerprint density at radius 2 is 1.61 bits per heavy atom. The van der Waals surface area contributed by atoms with Crippen molar-refractivity contribution in [2.24, 2.45) is 0 Å². The number of hydrogen-bond acceptors (Lipinski definition) is 8. The highest BCUT2D eigenvalue weighted by Gasteiger charge is 2.50. The van der Waals surface area contributed by atoms with E-state index in [4.69, 9.17) is 18.6 Å². The highest BCUT2D eigenvalue weighted by molar-refractivity contribution is 7.99. The third-order valence-corrected chi connectivity index (χ3v) is 8.80. The third-order valence-electron chi connectivity index (χ3n) is 4.88. The summed E-state index contributed by atoms with van der Waals surface area (Å²) in [5.41, 5.74) is 1.53. The average Bonchev–Trinajstić information content (AvgIpc) is 3.19. The van der Waals surface area contributed by atoms with Gasteiger partial charge in [0.1, 0.15) is 38.1 Å². The first-order chi connectivity index (χ1) is 15.2. The maximum Gasteiger partial charge on any atom is 0.184 e. The molecule has 0 aromatic carbocycles. The molecular formula is C21H41N5O3SSi3. The van der Waals surface area contributed by atoms with Gasteiger partial charge in [-0.25, -0.2) is 15.0 Å². The minimum atomic E-state index is -1.89. The zero-order chi connectivity index (χ0) is 24.6. The van der Waals surface area contributed by atoms with Gasteiger partial charge in [-0.05, 0) is 45.0 Å². The molecular weight excluding hydrogens is 487 g/mol. The zero-order valence-electron chi connectivity index (χ0n) is 21.8. The fourth-order valence-corrected chi connectivity index (χ4v) is 7.67. The summed E-state index contributed by atoms with van der Waals surface area (Å²) < 4.78 is 22.2. The first-order valence-electron chi connectivity index (χ1n) is 11.7. The van der Waals surface area contributed by atoms with Crippen LogP contribution in [0.25, 0.3) is 11.2 Å². The average molecular weight is 528 g/mol. The minimum absolute atomic E-state index is 0.0492. The molecule has 1 fully saturated rings. The molecule has 3 heterocycles. The standard InChI is InChI=1S/C21H41N5O3SSi3/c1-11-30-12-15-17(28-32(5,6)7)18(29-33(8,9)10)21(27-15)26-14-24-16-19(25-31(2,3)4)22-13-23-20(16)26/h13-15,17-18,21H,11-12H2,1-10H3,(H,22,23,25)/t15-,17-,18-,21-/m1/s1. The summed E-state index contributed by atoms with van der Waals surface area (Å²) >= 11 is 1.88. The summed E-state index contributed by atoms with van der Waals surface area (Å²) in [6, 6.07) is 0. The highest BCUT2D eigenvalue weighted by atomic mass is 32.2. The molecule has 0 bridgehead atoms. The fourth-order valence-electron chi connectivity index (χ4n) is 3.87. The Hall–Kier alpha value is -0.769. The lowest BCUT2D eigenvalue weighted by molar-refractivity contribution is -0.0233. The van der Waals surface area contributed by atoms with Crippen LogP contribution in [0, 0.1) is 0 Å². The summed E-state index contributed by atoms with van der Waals surface area (Å²) in [4.78, 5) is 17.4. The molecule has 0 aliphatic carbocycles. The number of imidazole rings is 1. The molecule has 4 atom stereocenters. The van der Waals surface area contributed by atoms with Crippen molar-refractivity contribution >= 4 is 53.6 Å². The van der Waals surface area contributed by atoms with Crippen molar-refractivity contribution in [1.82, 2.24) is 19.5 Å². The van der Waals surface area contributed by atoms with E-state index in [1.807, 2.05) is 22.7 Å². The minimum Gasteiger partial charge on any atom is -0.409 e. The quantitative estimate of drug-likeness (QED) is 0.424. The zero-order valence-corrected chi connectivity index (χ0v) is 25.6. The van der Waals surface area contributed by atoms with Crippen molar-refractivity contribution < 1.29 is 13.6 Å². The van der Waals surface area contributed by atoms with Crippen molar-refractivity contribution in [3.63, 3.8) is 0 Å². The van der Waals surface area contributed by atoms with Gasteiger partial charge in [0, 0.05) is 5.75 Å². The molecule has 1 N–H and O–H groups in total. The van der Waals surface area contributed by atoms with Gasteiger partial charge in [0.2, 0.25) is 0 Å². The summed E-state index contributed by atoms with van der Waals surface area (Å²) in [6.07, 6.45) is 2.69. The summed E-state index contributed by atoms with van der Waals surface area (Å²) in [5, 5.41) is 0. The van der Waals surface area contributed by atoms with E-state index in [0.29, 0.717) is 0 Å². The van der Waals surface area contributed by atoms with E-state index in [2.05, 4.69) is 80.8 Å². The van der Waals surface area contributed by atoms with Crippen molar-refractivity contribution in [1.29, 1.82) is 0 Å². The molecule has 1 aliphatic heterocycles. The number of ether oxygens (including phenoxy) is 1. The molecule has 0 unspecified atom stereocenters. The Morgan fingerprint density at radius 3 is 2.18 bits per heavy atom. The van der Waals surface area contributed by atoms with Crippen LogP contribution in [0.4, 0.5) is 5.82 Å². The number of hydrogen-bond donors (Lipinski definition) is 1. The molecule has 0 radical (unpaired) electrons. The van der Waals surface area contributed by atoms with Gasteiger partial charge in [0.15, 0.2) is 28.5 Å². The van der Waals surface area contributed by atoms with Crippen molar-refractivity contribution in [3.8, 4) is 0 Å². The molecule has 0 amide bonds. The molecule has 1 aliphatic rings. The second-order valence-corrected chi connectivity index (χ2v) is 26.5. The molecule has 186 valence electrons. The lowest BCUT2D eigenvalue weighted by atomic mass is 10.1. The number of fused-ring (bicyclic) bond motifs is 1. The molecule has 2 aromatic heterocycles. The molecule has 3 rings (SSSR count). The third kappa shape index (κ3) is 7.12. The monoisotopic (exact) mass is 527 g/mol. The van der Waals surface area contributed by atoms with Gasteiger partial charge in [-0.3, -0.25) is 4.57 Å². The Morgan fingerprint density at radius 1 is 0.970 bits per heavy atom. The highest BCUT2D eigenvalue weighted by Crippen LogP contribution is 2.39. The Labute approximate surface area is 206 Å². The van der Waals surface area contributed by atoms with Gasteiger partial charge in [-0.15, -0.1) is 0 Å². The smallest absolute Gasteiger partial charge is 0.184 e. The SMILES string of the molecule is CCSC[C@H]1O[C@@H](n2cnc3c(N[Si](C)(C)C)ncnc32)[C@H](O[Si](C)(C)C)[C@@H]1O[Si](C)(C)C. The summed E-state index contributed by atoms with van der Waals surface area (Å²) in [6.45, 7) is 22.2. The predicted molar refractivity (Wildman–Crippen MR) is 146 cm³/mol. The number of nitrogens with one attached hydrogen (secondary N) is 1. The Balaban J connectivity index is 2.05. The predicted octanol–water partition coefficient (Wildman–Crippen LogP) is 5.16. The van der Waals surface area contributed by atoms with E-state index in [1.165, 1.54) is 0 Å². The number of aromatic nitrogens is 4. The Bertz CT molecular complexity index is 942. The largest absolute Gasteiger partial charge is 0.409 e. The second kappa shape index (κ2) is 10.1. The molecule has 8 nitrogen and oxygen atoms in total. The Kier molecular flexibility index (Phi) is 8.19. The van der Waals surface area contributed by atoms with Crippen molar-refractivity contribution in [2.45, 2.75) is 90.4 Å². The van der Waals surface area contributed by atoms with Gasteiger partial charge >= 0.3 is 0 Å². The van der Waals surface area contributed by atoms with Crippen LogP contribution in [0.2, 0.25) is 58.9 Å². The fraction of sp³-hybridized carbons (Fsp3) is 0.762. The van der Waals surface area contributed by atoms with E-state index >= 15 is 0 Å². The maximum absolute atomic E-state index is 6.76. The van der Waals surface area contributed by atoms with Crippen LogP contribution in [0.1, 0.15) is 13.2 Å². The molecule has 0 spiro atoms. The van der Waals surface area contributed by atoms with Gasteiger partial charge < -0.3 is 18.6 Å². The van der Waals surface area contributed by atoms with Gasteiger partial charge in [0.05, 0.1) is 12.4 Å². The van der Waals surface area contributed by atoms with Gasteiger partial charge in [-0.1, -0.05) is 26.6 Å². The molecule has 0 saturated carbocycles. The topological polar surface area (TPSA) is 83.3 Å². The summed E-state index contributed by atoms with van der Waals surface area (Å²) in [7, 11) is -5.33. The molecule has 2 aromatic rings. The number of thioether (sulfide) groups is 1. The van der Waals surface area contributed by atoms with E-state index in [9.17, 15) is 0 Å². The van der Waals surface area contributed by atoms with Crippen LogP contribution < -0.4 is 4.98 Å². The van der Waals surface area contributed by atoms with Gasteiger partial charge in [-0.2, -0.15) is 11.8 Å². The van der Waals surface area contributed by atoms with E-state index < -0.39 is 24.9 Å². The molecule has 12 heteroatoms. The van der Waals surface area contributed by atoms with E-state index in [-0.39, 0.29) is 24.5 Å². The normalized spacial score (nSPS) is 24.5. The van der Waals surface area contributed by atoms with E-state index in [0.717, 1.165) is 28.5 Å². The van der Waals surface area contributed by atoms with Crippen LogP contribution in [-0.2, 0) is 13.6 Å². The van der Waals surface area contributed by atoms with Crippen LogP contribution in [0.5, 0.6) is 0 Å².